The quantitative estimate of drug-likeness (QED) is 0.311. The minimum absolute atomic E-state index is 0.0350. The highest BCUT2D eigenvalue weighted by molar-refractivity contribution is 7.92. The SMILES string of the molecule is O=C(Nc1ccc(S(=O)(=O)Nc2cccc(C(F)(F)F)c2)cc1)[C@@H]1CCCN(S(=O)(=O)Cc2ccc(Cl)cc2Cl)C1. The zero-order valence-electron chi connectivity index (χ0n) is 21.2. The van der Waals surface area contributed by atoms with Crippen molar-refractivity contribution in [3.8, 4) is 0 Å². The molecule has 1 amide bonds. The van der Waals surface area contributed by atoms with Gasteiger partial charge in [-0.05, 0) is 73.0 Å². The molecule has 1 fully saturated rings. The molecule has 0 aliphatic carbocycles. The largest absolute Gasteiger partial charge is 0.416 e. The summed E-state index contributed by atoms with van der Waals surface area (Å²) in [5.74, 6) is -1.43. The topological polar surface area (TPSA) is 113 Å². The summed E-state index contributed by atoms with van der Waals surface area (Å²) >= 11 is 12.0. The molecular formula is C26H24Cl2F3N3O5S2. The average Bonchev–Trinajstić information content (AvgIpc) is 2.90. The maximum absolute atomic E-state index is 13.0. The number of piperidine rings is 1. The van der Waals surface area contributed by atoms with Crippen LogP contribution in [0.4, 0.5) is 24.5 Å². The van der Waals surface area contributed by atoms with Crippen LogP contribution in [0.3, 0.4) is 0 Å². The van der Waals surface area contributed by atoms with Gasteiger partial charge in [-0.25, -0.2) is 21.1 Å². The molecule has 0 bridgehead atoms. The van der Waals surface area contributed by atoms with Gasteiger partial charge in [0.25, 0.3) is 10.0 Å². The number of hydrogen-bond acceptors (Lipinski definition) is 5. The fourth-order valence-electron chi connectivity index (χ4n) is 4.27. The maximum atomic E-state index is 13.0. The van der Waals surface area contributed by atoms with E-state index >= 15 is 0 Å². The third-order valence-electron chi connectivity index (χ3n) is 6.38. The predicted molar refractivity (Wildman–Crippen MR) is 151 cm³/mol. The van der Waals surface area contributed by atoms with Crippen LogP contribution in [-0.2, 0) is 36.8 Å². The van der Waals surface area contributed by atoms with E-state index < -0.39 is 43.6 Å². The number of rotatable bonds is 8. The normalized spacial score (nSPS) is 16.8. The second kappa shape index (κ2) is 12.2. The molecule has 1 heterocycles. The van der Waals surface area contributed by atoms with Gasteiger partial charge in [0.15, 0.2) is 0 Å². The summed E-state index contributed by atoms with van der Waals surface area (Å²) in [6, 6.07) is 13.4. The Morgan fingerprint density at radius 1 is 0.951 bits per heavy atom. The van der Waals surface area contributed by atoms with Gasteiger partial charge in [-0.1, -0.05) is 35.3 Å². The third-order valence-corrected chi connectivity index (χ3v) is 10.2. The molecule has 0 unspecified atom stereocenters. The van der Waals surface area contributed by atoms with Gasteiger partial charge in [0.2, 0.25) is 15.9 Å². The van der Waals surface area contributed by atoms with Crippen LogP contribution in [0.1, 0.15) is 24.0 Å². The summed E-state index contributed by atoms with van der Waals surface area (Å²) < 4.78 is 93.6. The van der Waals surface area contributed by atoms with E-state index in [-0.39, 0.29) is 40.1 Å². The van der Waals surface area contributed by atoms with E-state index in [4.69, 9.17) is 23.2 Å². The summed E-state index contributed by atoms with van der Waals surface area (Å²) in [6.45, 7) is 0.218. The monoisotopic (exact) mass is 649 g/mol. The number of nitrogens with one attached hydrogen (secondary N) is 2. The minimum atomic E-state index is -4.63. The fraction of sp³-hybridized carbons (Fsp3) is 0.269. The van der Waals surface area contributed by atoms with E-state index in [0.29, 0.717) is 29.5 Å². The Morgan fingerprint density at radius 3 is 2.32 bits per heavy atom. The Labute approximate surface area is 245 Å². The number of alkyl halides is 3. The molecule has 0 aromatic heterocycles. The van der Waals surface area contributed by atoms with Crippen LogP contribution in [0.25, 0.3) is 0 Å². The second-order valence-corrected chi connectivity index (χ2v) is 13.9. The van der Waals surface area contributed by atoms with Gasteiger partial charge in [0.1, 0.15) is 0 Å². The molecule has 220 valence electrons. The first-order chi connectivity index (χ1) is 19.1. The highest BCUT2D eigenvalue weighted by Crippen LogP contribution is 2.31. The molecule has 1 atom stereocenters. The standard InChI is InChI=1S/C26H24Cl2F3N3O5S2/c27-20-7-6-18(24(28)14-20)16-40(36,37)34-12-2-3-17(15-34)25(35)32-21-8-10-23(11-9-21)41(38,39)33-22-5-1-4-19(13-22)26(29,30)31/h1,4-11,13-14,17,33H,2-3,12,15-16H2,(H,32,35)/t17-/m1/s1. The second-order valence-electron chi connectivity index (χ2n) is 9.39. The van der Waals surface area contributed by atoms with Crippen molar-refractivity contribution in [3.63, 3.8) is 0 Å². The van der Waals surface area contributed by atoms with Crippen molar-refractivity contribution in [2.45, 2.75) is 29.7 Å². The highest BCUT2D eigenvalue weighted by Gasteiger charge is 2.33. The lowest BCUT2D eigenvalue weighted by atomic mass is 9.99. The maximum Gasteiger partial charge on any atom is 0.416 e. The third kappa shape index (κ3) is 7.92. The first kappa shape index (κ1) is 31.1. The molecule has 1 saturated heterocycles. The Morgan fingerprint density at radius 2 is 1.66 bits per heavy atom. The highest BCUT2D eigenvalue weighted by atomic mass is 35.5. The molecular weight excluding hydrogens is 626 g/mol. The van der Waals surface area contributed by atoms with Crippen LogP contribution in [0.2, 0.25) is 10.0 Å². The fourth-order valence-corrected chi connectivity index (χ4v) is 7.52. The minimum Gasteiger partial charge on any atom is -0.326 e. The zero-order valence-corrected chi connectivity index (χ0v) is 24.3. The molecule has 3 aromatic carbocycles. The van der Waals surface area contributed by atoms with E-state index in [0.717, 1.165) is 12.1 Å². The number of hydrogen-bond donors (Lipinski definition) is 2. The van der Waals surface area contributed by atoms with Crippen molar-refractivity contribution in [2.75, 3.05) is 23.1 Å². The number of halogens is 5. The van der Waals surface area contributed by atoms with Crippen molar-refractivity contribution >= 4 is 60.5 Å². The van der Waals surface area contributed by atoms with Crippen LogP contribution in [-0.4, -0.2) is 40.1 Å². The lowest BCUT2D eigenvalue weighted by molar-refractivity contribution is -0.137. The molecule has 3 aromatic rings. The number of carbonyl (C=O) groups excluding carboxylic acids is 1. The van der Waals surface area contributed by atoms with Crippen LogP contribution in [0.5, 0.6) is 0 Å². The first-order valence-electron chi connectivity index (χ1n) is 12.2. The van der Waals surface area contributed by atoms with Gasteiger partial charge in [-0.2, -0.15) is 13.2 Å². The Hall–Kier alpha value is -2.84. The molecule has 2 N–H and O–H groups in total. The number of amides is 1. The summed E-state index contributed by atoms with van der Waals surface area (Å²) in [5, 5.41) is 3.27. The number of carbonyl (C=O) groups is 1. The smallest absolute Gasteiger partial charge is 0.326 e. The van der Waals surface area contributed by atoms with Crippen molar-refractivity contribution in [2.24, 2.45) is 5.92 Å². The van der Waals surface area contributed by atoms with E-state index in [2.05, 4.69) is 10.0 Å². The van der Waals surface area contributed by atoms with Gasteiger partial charge in [-0.15, -0.1) is 0 Å². The molecule has 0 radical (unpaired) electrons. The molecule has 1 aliphatic rings. The summed E-state index contributed by atoms with van der Waals surface area (Å²) in [7, 11) is -8.00. The molecule has 0 spiro atoms. The lowest BCUT2D eigenvalue weighted by Crippen LogP contribution is -2.44. The summed E-state index contributed by atoms with van der Waals surface area (Å²) in [4.78, 5) is 12.7. The molecule has 0 saturated carbocycles. The Kier molecular flexibility index (Phi) is 9.24. The van der Waals surface area contributed by atoms with Gasteiger partial charge in [0, 0.05) is 34.5 Å². The van der Waals surface area contributed by atoms with Crippen LogP contribution >= 0.6 is 23.2 Å². The Balaban J connectivity index is 1.39. The molecule has 41 heavy (non-hydrogen) atoms. The van der Waals surface area contributed by atoms with Crippen LogP contribution in [0.15, 0.2) is 71.6 Å². The average molecular weight is 651 g/mol. The summed E-state index contributed by atoms with van der Waals surface area (Å²) in [6.07, 6.45) is -3.72. The number of anilines is 2. The zero-order chi connectivity index (χ0) is 30.0. The molecule has 8 nitrogen and oxygen atoms in total. The van der Waals surface area contributed by atoms with Crippen LogP contribution in [0, 0.1) is 5.92 Å². The van der Waals surface area contributed by atoms with Crippen molar-refractivity contribution in [1.82, 2.24) is 4.31 Å². The van der Waals surface area contributed by atoms with E-state index in [9.17, 15) is 34.8 Å². The van der Waals surface area contributed by atoms with Gasteiger partial charge in [-0.3, -0.25) is 9.52 Å². The summed E-state index contributed by atoms with van der Waals surface area (Å²) in [5.41, 5.74) is -0.605. The lowest BCUT2D eigenvalue weighted by Gasteiger charge is -2.31. The van der Waals surface area contributed by atoms with Gasteiger partial charge in [0.05, 0.1) is 22.1 Å². The molecule has 1 aliphatic heterocycles. The number of benzene rings is 3. The molecule has 4 rings (SSSR count). The first-order valence-corrected chi connectivity index (χ1v) is 16.0. The van der Waals surface area contributed by atoms with Crippen molar-refractivity contribution in [3.05, 3.63) is 87.9 Å². The van der Waals surface area contributed by atoms with Crippen molar-refractivity contribution in [1.29, 1.82) is 0 Å². The number of nitrogens with zero attached hydrogens (tertiary/aromatic N) is 1. The Bertz CT molecular complexity index is 1650. The predicted octanol–water partition coefficient (Wildman–Crippen LogP) is 5.99. The van der Waals surface area contributed by atoms with Crippen molar-refractivity contribution < 1.29 is 34.8 Å². The van der Waals surface area contributed by atoms with E-state index in [1.807, 2.05) is 0 Å². The van der Waals surface area contributed by atoms with Gasteiger partial charge >= 0.3 is 6.18 Å². The van der Waals surface area contributed by atoms with Crippen LogP contribution < -0.4 is 10.0 Å². The molecule has 15 heteroatoms. The van der Waals surface area contributed by atoms with E-state index in [1.165, 1.54) is 46.8 Å². The van der Waals surface area contributed by atoms with Gasteiger partial charge < -0.3 is 5.32 Å². The van der Waals surface area contributed by atoms with E-state index in [1.54, 1.807) is 6.07 Å². The number of sulfonamides is 2.